The zero-order valence-electron chi connectivity index (χ0n) is 14.3. The van der Waals surface area contributed by atoms with Crippen LogP contribution < -0.4 is 5.56 Å². The summed E-state index contributed by atoms with van der Waals surface area (Å²) in [7, 11) is 1.67. The lowest BCUT2D eigenvalue weighted by molar-refractivity contribution is 0.0689. The van der Waals surface area contributed by atoms with E-state index in [1.165, 1.54) is 12.1 Å². The van der Waals surface area contributed by atoms with Crippen LogP contribution in [-0.4, -0.2) is 22.8 Å². The summed E-state index contributed by atoms with van der Waals surface area (Å²) in [6.07, 6.45) is 1.62. The van der Waals surface area contributed by atoms with Gasteiger partial charge in [-0.1, -0.05) is 17.9 Å². The molecule has 26 heavy (non-hydrogen) atoms. The zero-order valence-corrected chi connectivity index (χ0v) is 14.3. The van der Waals surface area contributed by atoms with Gasteiger partial charge >= 0.3 is 0 Å². The molecule has 0 amide bonds. The minimum absolute atomic E-state index is 0.0450. The number of nitrogens with zero attached hydrogens (tertiary/aromatic N) is 2. The van der Waals surface area contributed by atoms with Gasteiger partial charge in [0.25, 0.3) is 5.56 Å². The Bertz CT molecular complexity index is 1110. The van der Waals surface area contributed by atoms with Crippen molar-refractivity contribution in [3.05, 3.63) is 75.6 Å². The van der Waals surface area contributed by atoms with Crippen LogP contribution in [0.5, 0.6) is 0 Å². The molecule has 1 aliphatic rings. The molecule has 4 rings (SSSR count). The molecule has 0 radical (unpaired) electrons. The Hall–Kier alpha value is -2.97. The lowest BCUT2D eigenvalue weighted by Gasteiger charge is -2.24. The van der Waals surface area contributed by atoms with Crippen molar-refractivity contribution in [2.75, 3.05) is 7.11 Å². The average molecular weight is 348 g/mol. The maximum absolute atomic E-state index is 13.2. The SMILES string of the molecule is COC1CCc2nc3cc(C#Cc4cccc(F)c4)ccc3c(=O)n2C1. The van der Waals surface area contributed by atoms with Gasteiger partial charge in [-0.3, -0.25) is 9.36 Å². The van der Waals surface area contributed by atoms with Gasteiger partial charge in [-0.2, -0.15) is 0 Å². The second-order valence-corrected chi connectivity index (χ2v) is 6.33. The molecular formula is C21H17FN2O2. The first-order valence-electron chi connectivity index (χ1n) is 8.48. The number of ether oxygens (including phenoxy) is 1. The van der Waals surface area contributed by atoms with Crippen molar-refractivity contribution in [3.8, 4) is 11.8 Å². The Morgan fingerprint density at radius 1 is 1.19 bits per heavy atom. The van der Waals surface area contributed by atoms with Crippen LogP contribution in [0.2, 0.25) is 0 Å². The molecule has 4 nitrogen and oxygen atoms in total. The summed E-state index contributed by atoms with van der Waals surface area (Å²) in [6, 6.07) is 11.5. The van der Waals surface area contributed by atoms with Gasteiger partial charge in [0.1, 0.15) is 11.6 Å². The van der Waals surface area contributed by atoms with E-state index < -0.39 is 0 Å². The van der Waals surface area contributed by atoms with Gasteiger partial charge in [0, 0.05) is 24.7 Å². The van der Waals surface area contributed by atoms with Crippen LogP contribution in [0, 0.1) is 17.7 Å². The second-order valence-electron chi connectivity index (χ2n) is 6.33. The van der Waals surface area contributed by atoms with Crippen molar-refractivity contribution in [3.63, 3.8) is 0 Å². The molecule has 5 heteroatoms. The molecule has 0 saturated heterocycles. The Balaban J connectivity index is 1.74. The van der Waals surface area contributed by atoms with Crippen LogP contribution in [0.4, 0.5) is 4.39 Å². The molecule has 1 unspecified atom stereocenters. The highest BCUT2D eigenvalue weighted by atomic mass is 19.1. The predicted octanol–water partition coefficient (Wildman–Crippen LogP) is 2.90. The number of hydrogen-bond donors (Lipinski definition) is 0. The molecule has 0 aliphatic carbocycles. The lowest BCUT2D eigenvalue weighted by atomic mass is 10.1. The van der Waals surface area contributed by atoms with E-state index in [0.717, 1.165) is 17.8 Å². The highest BCUT2D eigenvalue weighted by Crippen LogP contribution is 2.17. The van der Waals surface area contributed by atoms with Gasteiger partial charge in [0.05, 0.1) is 23.6 Å². The number of aryl methyl sites for hydroxylation is 1. The summed E-state index contributed by atoms with van der Waals surface area (Å²) in [5, 5.41) is 0.571. The molecule has 1 aromatic heterocycles. The quantitative estimate of drug-likeness (QED) is 0.635. The van der Waals surface area contributed by atoms with Gasteiger partial charge in [0.2, 0.25) is 0 Å². The number of halogens is 1. The first-order chi connectivity index (χ1) is 12.6. The smallest absolute Gasteiger partial charge is 0.261 e. The largest absolute Gasteiger partial charge is 0.380 e. The zero-order chi connectivity index (χ0) is 18.1. The standard InChI is InChI=1S/C21H17FN2O2/c1-26-17-8-10-20-23-19-12-15(6-5-14-3-2-4-16(22)11-14)7-9-18(19)21(25)24(20)13-17/h2-4,7,9,11-12,17H,8,10,13H2,1H3. The topological polar surface area (TPSA) is 44.1 Å². The number of fused-ring (bicyclic) bond motifs is 2. The van der Waals surface area contributed by atoms with E-state index in [2.05, 4.69) is 16.8 Å². The summed E-state index contributed by atoms with van der Waals surface area (Å²) < 4.78 is 20.3. The first kappa shape index (κ1) is 16.5. The van der Waals surface area contributed by atoms with Crippen molar-refractivity contribution >= 4 is 10.9 Å². The van der Waals surface area contributed by atoms with Gasteiger partial charge in [0.15, 0.2) is 0 Å². The minimum Gasteiger partial charge on any atom is -0.380 e. The van der Waals surface area contributed by atoms with Crippen LogP contribution >= 0.6 is 0 Å². The molecule has 1 aliphatic heterocycles. The summed E-state index contributed by atoms with van der Waals surface area (Å²) in [5.74, 6) is 6.42. The lowest BCUT2D eigenvalue weighted by Crippen LogP contribution is -2.35. The molecule has 3 aromatic rings. The van der Waals surface area contributed by atoms with E-state index in [9.17, 15) is 9.18 Å². The highest BCUT2D eigenvalue weighted by Gasteiger charge is 2.21. The average Bonchev–Trinajstić information content (AvgIpc) is 2.66. The van der Waals surface area contributed by atoms with E-state index in [1.807, 2.05) is 6.07 Å². The molecule has 0 bridgehead atoms. The second kappa shape index (κ2) is 6.74. The van der Waals surface area contributed by atoms with Crippen LogP contribution in [0.15, 0.2) is 47.3 Å². The van der Waals surface area contributed by atoms with Gasteiger partial charge < -0.3 is 4.74 Å². The molecular weight excluding hydrogens is 331 g/mol. The number of methoxy groups -OCH3 is 1. The Morgan fingerprint density at radius 2 is 2.00 bits per heavy atom. The molecule has 2 aromatic carbocycles. The molecule has 0 spiro atoms. The van der Waals surface area contributed by atoms with Crippen molar-refractivity contribution in [1.82, 2.24) is 9.55 Å². The van der Waals surface area contributed by atoms with Gasteiger partial charge in [-0.15, -0.1) is 0 Å². The van der Waals surface area contributed by atoms with Crippen molar-refractivity contribution < 1.29 is 9.13 Å². The molecule has 2 heterocycles. The van der Waals surface area contributed by atoms with Crippen molar-refractivity contribution in [2.45, 2.75) is 25.5 Å². The monoisotopic (exact) mass is 348 g/mol. The third-order valence-electron chi connectivity index (χ3n) is 4.62. The summed E-state index contributed by atoms with van der Waals surface area (Å²) in [6.45, 7) is 0.536. The highest BCUT2D eigenvalue weighted by molar-refractivity contribution is 5.79. The van der Waals surface area contributed by atoms with Crippen LogP contribution in [0.1, 0.15) is 23.4 Å². The first-order valence-corrected chi connectivity index (χ1v) is 8.48. The fourth-order valence-corrected chi connectivity index (χ4v) is 3.21. The predicted molar refractivity (Wildman–Crippen MR) is 97.5 cm³/mol. The van der Waals surface area contributed by atoms with Gasteiger partial charge in [-0.05, 0) is 42.8 Å². The van der Waals surface area contributed by atoms with Crippen molar-refractivity contribution in [2.24, 2.45) is 0 Å². The number of rotatable bonds is 1. The molecule has 0 saturated carbocycles. The fraction of sp³-hybridized carbons (Fsp3) is 0.238. The number of aromatic nitrogens is 2. The van der Waals surface area contributed by atoms with E-state index in [0.29, 0.717) is 29.4 Å². The Labute approximate surface area is 150 Å². The third-order valence-corrected chi connectivity index (χ3v) is 4.62. The maximum Gasteiger partial charge on any atom is 0.261 e. The normalized spacial score (nSPS) is 16.0. The van der Waals surface area contributed by atoms with E-state index >= 15 is 0 Å². The summed E-state index contributed by atoms with van der Waals surface area (Å²) >= 11 is 0. The van der Waals surface area contributed by atoms with Crippen LogP contribution in [-0.2, 0) is 17.7 Å². The van der Waals surface area contributed by atoms with Crippen LogP contribution in [0.25, 0.3) is 10.9 Å². The number of benzene rings is 2. The van der Waals surface area contributed by atoms with E-state index in [1.54, 1.807) is 35.9 Å². The molecule has 1 atom stereocenters. The molecule has 130 valence electrons. The third kappa shape index (κ3) is 3.12. The van der Waals surface area contributed by atoms with Crippen LogP contribution in [0.3, 0.4) is 0 Å². The van der Waals surface area contributed by atoms with Gasteiger partial charge in [-0.25, -0.2) is 9.37 Å². The fourth-order valence-electron chi connectivity index (χ4n) is 3.21. The Morgan fingerprint density at radius 3 is 2.77 bits per heavy atom. The maximum atomic E-state index is 13.2. The van der Waals surface area contributed by atoms with E-state index in [4.69, 9.17) is 4.74 Å². The molecule has 0 N–H and O–H groups in total. The Kier molecular flexibility index (Phi) is 4.27. The number of hydrogen-bond acceptors (Lipinski definition) is 3. The summed E-state index contributed by atoms with van der Waals surface area (Å²) in [4.78, 5) is 17.4. The summed E-state index contributed by atoms with van der Waals surface area (Å²) in [5.41, 5.74) is 1.94. The minimum atomic E-state index is -0.314. The molecule has 0 fully saturated rings. The van der Waals surface area contributed by atoms with E-state index in [-0.39, 0.29) is 17.5 Å². The van der Waals surface area contributed by atoms with Crippen molar-refractivity contribution in [1.29, 1.82) is 0 Å².